The van der Waals surface area contributed by atoms with Crippen molar-refractivity contribution in [3.05, 3.63) is 83.6 Å². The number of aromatic nitrogens is 1. The molecule has 0 radical (unpaired) electrons. The number of aryl methyl sites for hydroxylation is 2. The Kier molecular flexibility index (Phi) is 3.85. The molecule has 0 saturated carbocycles. The van der Waals surface area contributed by atoms with E-state index in [4.69, 9.17) is 5.11 Å². The van der Waals surface area contributed by atoms with E-state index in [0.717, 1.165) is 22.4 Å². The van der Waals surface area contributed by atoms with Crippen LogP contribution >= 0.6 is 0 Å². The first-order valence-electron chi connectivity index (χ1n) is 8.55. The summed E-state index contributed by atoms with van der Waals surface area (Å²) >= 11 is 0. The molecule has 4 rings (SSSR count). The van der Waals surface area contributed by atoms with E-state index in [1.54, 1.807) is 12.1 Å². The molecule has 0 aliphatic carbocycles. The molecule has 0 fully saturated rings. The standard InChI is InChI=1S/C23H19NO2/c1-14-3-4-15(2)21-11-18(9-10-20(14)21)19-12-22(24-13-19)16-5-7-17(8-6-16)23(25)26/h3-13,24H,1-2H3,(H,25,26). The molecule has 0 aliphatic heterocycles. The second-order valence-corrected chi connectivity index (χ2v) is 6.64. The second-order valence-electron chi connectivity index (χ2n) is 6.64. The van der Waals surface area contributed by atoms with E-state index in [1.807, 2.05) is 18.3 Å². The van der Waals surface area contributed by atoms with Crippen molar-refractivity contribution < 1.29 is 9.90 Å². The topological polar surface area (TPSA) is 53.1 Å². The summed E-state index contributed by atoms with van der Waals surface area (Å²) in [5.74, 6) is -0.912. The normalized spacial score (nSPS) is 11.0. The lowest BCUT2D eigenvalue weighted by molar-refractivity contribution is 0.0697. The van der Waals surface area contributed by atoms with E-state index in [2.05, 4.69) is 55.2 Å². The first-order valence-corrected chi connectivity index (χ1v) is 8.55. The van der Waals surface area contributed by atoms with Crippen LogP contribution in [-0.2, 0) is 0 Å². The molecule has 0 spiro atoms. The third-order valence-corrected chi connectivity index (χ3v) is 4.91. The largest absolute Gasteiger partial charge is 0.478 e. The number of carboxylic acids is 1. The van der Waals surface area contributed by atoms with Gasteiger partial charge in [0.05, 0.1) is 5.56 Å². The van der Waals surface area contributed by atoms with Crippen molar-refractivity contribution in [2.45, 2.75) is 13.8 Å². The Morgan fingerprint density at radius 2 is 1.42 bits per heavy atom. The molecule has 0 atom stereocenters. The Morgan fingerprint density at radius 3 is 2.12 bits per heavy atom. The van der Waals surface area contributed by atoms with Gasteiger partial charge in [0.1, 0.15) is 0 Å². The summed E-state index contributed by atoms with van der Waals surface area (Å²) in [5, 5.41) is 11.6. The lowest BCUT2D eigenvalue weighted by Gasteiger charge is -2.07. The predicted molar refractivity (Wildman–Crippen MR) is 106 cm³/mol. The predicted octanol–water partition coefficient (Wildman–Crippen LogP) is 5.82. The molecule has 1 aromatic heterocycles. The number of rotatable bonds is 3. The van der Waals surface area contributed by atoms with Gasteiger partial charge in [-0.2, -0.15) is 0 Å². The van der Waals surface area contributed by atoms with Gasteiger partial charge in [-0.25, -0.2) is 4.79 Å². The average molecular weight is 341 g/mol. The van der Waals surface area contributed by atoms with Gasteiger partial charge in [-0.05, 0) is 76.7 Å². The highest BCUT2D eigenvalue weighted by molar-refractivity contribution is 5.92. The third kappa shape index (κ3) is 2.78. The van der Waals surface area contributed by atoms with Crippen LogP contribution in [0.4, 0.5) is 0 Å². The maximum Gasteiger partial charge on any atom is 0.335 e. The number of carboxylic acid groups (broad SMARTS) is 1. The zero-order valence-electron chi connectivity index (χ0n) is 14.7. The highest BCUT2D eigenvalue weighted by Crippen LogP contribution is 2.30. The van der Waals surface area contributed by atoms with Gasteiger partial charge in [0, 0.05) is 11.9 Å². The van der Waals surface area contributed by atoms with Crippen LogP contribution in [0, 0.1) is 13.8 Å². The Morgan fingerprint density at radius 1 is 0.769 bits per heavy atom. The zero-order chi connectivity index (χ0) is 18.3. The van der Waals surface area contributed by atoms with Crippen LogP contribution < -0.4 is 0 Å². The summed E-state index contributed by atoms with van der Waals surface area (Å²) < 4.78 is 0. The van der Waals surface area contributed by atoms with Gasteiger partial charge in [-0.1, -0.05) is 36.4 Å². The van der Waals surface area contributed by atoms with Crippen LogP contribution in [-0.4, -0.2) is 16.1 Å². The van der Waals surface area contributed by atoms with Crippen molar-refractivity contribution in [2.24, 2.45) is 0 Å². The molecule has 0 aliphatic rings. The summed E-state index contributed by atoms with van der Waals surface area (Å²) in [6, 6.07) is 19.9. The molecule has 2 N–H and O–H groups in total. The maximum absolute atomic E-state index is 11.0. The highest BCUT2D eigenvalue weighted by atomic mass is 16.4. The number of H-pyrrole nitrogens is 1. The first kappa shape index (κ1) is 16.2. The minimum absolute atomic E-state index is 0.293. The third-order valence-electron chi connectivity index (χ3n) is 4.91. The molecule has 26 heavy (non-hydrogen) atoms. The van der Waals surface area contributed by atoms with Crippen molar-refractivity contribution in [1.29, 1.82) is 0 Å². The van der Waals surface area contributed by atoms with E-state index in [-0.39, 0.29) is 0 Å². The van der Waals surface area contributed by atoms with Gasteiger partial charge in [0.25, 0.3) is 0 Å². The molecule has 3 nitrogen and oxygen atoms in total. The summed E-state index contributed by atoms with van der Waals surface area (Å²) in [6.07, 6.45) is 1.99. The summed E-state index contributed by atoms with van der Waals surface area (Å²) in [5.41, 5.74) is 7.06. The number of benzene rings is 3. The maximum atomic E-state index is 11.0. The fourth-order valence-corrected chi connectivity index (χ4v) is 3.34. The van der Waals surface area contributed by atoms with Crippen LogP contribution in [0.3, 0.4) is 0 Å². The van der Waals surface area contributed by atoms with Gasteiger partial charge in [-0.15, -0.1) is 0 Å². The van der Waals surface area contributed by atoms with E-state index in [9.17, 15) is 4.79 Å². The molecule has 0 saturated heterocycles. The molecule has 3 heteroatoms. The Bertz CT molecular complexity index is 1120. The fourth-order valence-electron chi connectivity index (χ4n) is 3.34. The molecule has 0 amide bonds. The van der Waals surface area contributed by atoms with Gasteiger partial charge in [0.2, 0.25) is 0 Å². The lowest BCUT2D eigenvalue weighted by Crippen LogP contribution is -1.94. The second kappa shape index (κ2) is 6.19. The molecular formula is C23H19NO2. The highest BCUT2D eigenvalue weighted by Gasteiger charge is 2.08. The number of aromatic carboxylic acids is 1. The van der Waals surface area contributed by atoms with E-state index in [0.29, 0.717) is 5.56 Å². The SMILES string of the molecule is Cc1ccc(C)c2cc(-c3c[nH]c(-c4ccc(C(=O)O)cc4)c3)ccc12. The Labute approximate surface area is 151 Å². The van der Waals surface area contributed by atoms with Crippen molar-refractivity contribution in [1.82, 2.24) is 4.98 Å². The fraction of sp³-hybridized carbons (Fsp3) is 0.0870. The minimum atomic E-state index is -0.912. The monoisotopic (exact) mass is 341 g/mol. The lowest BCUT2D eigenvalue weighted by atomic mass is 9.97. The number of carbonyl (C=O) groups is 1. The summed E-state index contributed by atoms with van der Waals surface area (Å²) in [4.78, 5) is 14.3. The van der Waals surface area contributed by atoms with E-state index in [1.165, 1.54) is 21.9 Å². The van der Waals surface area contributed by atoms with Gasteiger partial charge in [-0.3, -0.25) is 0 Å². The van der Waals surface area contributed by atoms with Gasteiger partial charge < -0.3 is 10.1 Å². The zero-order valence-corrected chi connectivity index (χ0v) is 14.7. The van der Waals surface area contributed by atoms with Crippen molar-refractivity contribution in [3.8, 4) is 22.4 Å². The quantitative estimate of drug-likeness (QED) is 0.493. The van der Waals surface area contributed by atoms with Crippen molar-refractivity contribution >= 4 is 16.7 Å². The van der Waals surface area contributed by atoms with Crippen LogP contribution in [0.25, 0.3) is 33.2 Å². The number of aromatic amines is 1. The van der Waals surface area contributed by atoms with Crippen LogP contribution in [0.1, 0.15) is 21.5 Å². The molecule has 0 unspecified atom stereocenters. The first-order chi connectivity index (χ1) is 12.5. The van der Waals surface area contributed by atoms with Crippen LogP contribution in [0.2, 0.25) is 0 Å². The Hall–Kier alpha value is -3.33. The number of hydrogen-bond acceptors (Lipinski definition) is 1. The van der Waals surface area contributed by atoms with Gasteiger partial charge in [0.15, 0.2) is 0 Å². The van der Waals surface area contributed by atoms with Crippen LogP contribution in [0.5, 0.6) is 0 Å². The number of nitrogens with one attached hydrogen (secondary N) is 1. The van der Waals surface area contributed by atoms with Crippen LogP contribution in [0.15, 0.2) is 66.9 Å². The van der Waals surface area contributed by atoms with Crippen molar-refractivity contribution in [3.63, 3.8) is 0 Å². The summed E-state index contributed by atoms with van der Waals surface area (Å²) in [7, 11) is 0. The minimum Gasteiger partial charge on any atom is -0.478 e. The molecule has 3 aromatic carbocycles. The van der Waals surface area contributed by atoms with Gasteiger partial charge >= 0.3 is 5.97 Å². The average Bonchev–Trinajstić information content (AvgIpc) is 3.15. The molecular weight excluding hydrogens is 322 g/mol. The van der Waals surface area contributed by atoms with E-state index >= 15 is 0 Å². The molecule has 4 aromatic rings. The smallest absolute Gasteiger partial charge is 0.335 e. The summed E-state index contributed by atoms with van der Waals surface area (Å²) in [6.45, 7) is 4.27. The number of hydrogen-bond donors (Lipinski definition) is 2. The number of fused-ring (bicyclic) bond motifs is 1. The van der Waals surface area contributed by atoms with Crippen molar-refractivity contribution in [2.75, 3.05) is 0 Å². The van der Waals surface area contributed by atoms with E-state index < -0.39 is 5.97 Å². The Balaban J connectivity index is 1.73. The molecule has 1 heterocycles. The molecule has 128 valence electrons. The molecule has 0 bridgehead atoms.